The van der Waals surface area contributed by atoms with E-state index in [1.807, 2.05) is 36.9 Å². The second-order valence-electron chi connectivity index (χ2n) is 4.43. The summed E-state index contributed by atoms with van der Waals surface area (Å²) in [6.07, 6.45) is 1.71. The summed E-state index contributed by atoms with van der Waals surface area (Å²) in [5.41, 5.74) is 7.39. The van der Waals surface area contributed by atoms with E-state index in [0.29, 0.717) is 18.1 Å². The van der Waals surface area contributed by atoms with Crippen LogP contribution in [0.25, 0.3) is 0 Å². The molecule has 0 amide bonds. The fraction of sp³-hybridized carbons (Fsp3) is 0.267. The molecule has 3 nitrogen and oxygen atoms in total. The summed E-state index contributed by atoms with van der Waals surface area (Å²) in [7, 11) is 0. The van der Waals surface area contributed by atoms with E-state index in [0.717, 1.165) is 5.56 Å². The molecule has 0 fully saturated rings. The average Bonchev–Trinajstić information content (AvgIpc) is 2.42. The molecule has 0 saturated heterocycles. The third-order valence-electron chi connectivity index (χ3n) is 3.03. The van der Waals surface area contributed by atoms with Crippen LogP contribution in [0.4, 0.5) is 15.9 Å². The van der Waals surface area contributed by atoms with Crippen LogP contribution < -0.4 is 10.6 Å². The third kappa shape index (κ3) is 2.90. The van der Waals surface area contributed by atoms with E-state index in [-0.39, 0.29) is 11.9 Å². The van der Waals surface area contributed by atoms with Crippen molar-refractivity contribution < 1.29 is 4.39 Å². The van der Waals surface area contributed by atoms with Gasteiger partial charge in [-0.1, -0.05) is 12.1 Å². The van der Waals surface area contributed by atoms with Gasteiger partial charge in [0.05, 0.1) is 5.69 Å². The molecule has 1 atom stereocenters. The number of para-hydroxylation sites is 1. The number of halogens is 1. The van der Waals surface area contributed by atoms with Gasteiger partial charge in [0.1, 0.15) is 11.6 Å². The van der Waals surface area contributed by atoms with E-state index in [2.05, 4.69) is 4.98 Å². The molecule has 4 heteroatoms. The summed E-state index contributed by atoms with van der Waals surface area (Å²) in [5.74, 6) is 0.458. The third-order valence-corrected chi connectivity index (χ3v) is 3.03. The predicted molar refractivity (Wildman–Crippen MR) is 75.9 cm³/mol. The van der Waals surface area contributed by atoms with E-state index >= 15 is 0 Å². The van der Waals surface area contributed by atoms with Gasteiger partial charge in [0.25, 0.3) is 0 Å². The van der Waals surface area contributed by atoms with E-state index in [9.17, 15) is 4.39 Å². The van der Waals surface area contributed by atoms with Crippen molar-refractivity contribution in [1.82, 2.24) is 4.98 Å². The molecule has 2 aromatic rings. The second-order valence-corrected chi connectivity index (χ2v) is 4.43. The Bertz CT molecular complexity index is 555. The highest BCUT2D eigenvalue weighted by molar-refractivity contribution is 5.61. The van der Waals surface area contributed by atoms with Crippen molar-refractivity contribution in [3.63, 3.8) is 0 Å². The lowest BCUT2D eigenvalue weighted by Crippen LogP contribution is -2.19. The molecule has 0 bridgehead atoms. The summed E-state index contributed by atoms with van der Waals surface area (Å²) in [4.78, 5) is 6.15. The van der Waals surface area contributed by atoms with Gasteiger partial charge in [0, 0.05) is 18.8 Å². The molecule has 0 spiro atoms. The van der Waals surface area contributed by atoms with E-state index in [1.54, 1.807) is 18.3 Å². The van der Waals surface area contributed by atoms with Crippen LogP contribution in [0.1, 0.15) is 25.5 Å². The van der Waals surface area contributed by atoms with Gasteiger partial charge < -0.3 is 10.6 Å². The van der Waals surface area contributed by atoms with Gasteiger partial charge in [0.2, 0.25) is 0 Å². The quantitative estimate of drug-likeness (QED) is 0.915. The summed E-state index contributed by atoms with van der Waals surface area (Å²) in [5, 5.41) is 0. The highest BCUT2D eigenvalue weighted by Gasteiger charge is 2.13. The number of pyridine rings is 1. The molecule has 19 heavy (non-hydrogen) atoms. The van der Waals surface area contributed by atoms with Crippen molar-refractivity contribution in [3.05, 3.63) is 54.0 Å². The van der Waals surface area contributed by atoms with Crippen LogP contribution >= 0.6 is 0 Å². The summed E-state index contributed by atoms with van der Waals surface area (Å²) < 4.78 is 13.9. The van der Waals surface area contributed by atoms with Crippen LogP contribution in [0.2, 0.25) is 0 Å². The van der Waals surface area contributed by atoms with Crippen LogP contribution in [0.5, 0.6) is 0 Å². The normalized spacial score (nSPS) is 12.2. The number of rotatable bonds is 4. The summed E-state index contributed by atoms with van der Waals surface area (Å²) in [6, 6.07) is 10.4. The fourth-order valence-electron chi connectivity index (χ4n) is 1.99. The van der Waals surface area contributed by atoms with Crippen LogP contribution in [-0.4, -0.2) is 11.5 Å². The Labute approximate surface area is 112 Å². The van der Waals surface area contributed by atoms with Gasteiger partial charge >= 0.3 is 0 Å². The minimum absolute atomic E-state index is 0.0684. The molecule has 0 aliphatic carbocycles. The molecule has 2 N–H and O–H groups in total. The van der Waals surface area contributed by atoms with E-state index in [4.69, 9.17) is 5.73 Å². The minimum atomic E-state index is -0.252. The maximum atomic E-state index is 13.9. The number of anilines is 2. The van der Waals surface area contributed by atoms with Crippen molar-refractivity contribution >= 4 is 11.5 Å². The Kier molecular flexibility index (Phi) is 4.12. The maximum Gasteiger partial charge on any atom is 0.146 e. The van der Waals surface area contributed by atoms with Crippen molar-refractivity contribution in [2.75, 3.05) is 11.4 Å². The lowest BCUT2D eigenvalue weighted by Gasteiger charge is -2.23. The van der Waals surface area contributed by atoms with Crippen molar-refractivity contribution in [1.29, 1.82) is 0 Å². The molecular formula is C15H18FN3. The Morgan fingerprint density at radius 3 is 2.68 bits per heavy atom. The molecule has 1 heterocycles. The summed E-state index contributed by atoms with van der Waals surface area (Å²) in [6.45, 7) is 4.52. The lowest BCUT2D eigenvalue weighted by molar-refractivity contribution is 0.625. The number of aromatic nitrogens is 1. The van der Waals surface area contributed by atoms with Crippen LogP contribution in [0.15, 0.2) is 42.6 Å². The largest absolute Gasteiger partial charge is 0.324 e. The van der Waals surface area contributed by atoms with Crippen LogP contribution in [0, 0.1) is 5.82 Å². The molecule has 0 saturated carbocycles. The van der Waals surface area contributed by atoms with Gasteiger partial charge in [-0.3, -0.25) is 0 Å². The first-order valence-electron chi connectivity index (χ1n) is 6.37. The number of benzene rings is 1. The molecule has 0 aliphatic rings. The molecular weight excluding hydrogens is 241 g/mol. The SMILES string of the molecule is CCN(c1cc(C(C)N)ccn1)c1ccccc1F. The first-order valence-corrected chi connectivity index (χ1v) is 6.37. The summed E-state index contributed by atoms with van der Waals surface area (Å²) >= 11 is 0. The second kappa shape index (κ2) is 5.80. The number of nitrogens with zero attached hydrogens (tertiary/aromatic N) is 2. The van der Waals surface area contributed by atoms with E-state index < -0.39 is 0 Å². The zero-order valence-electron chi connectivity index (χ0n) is 11.2. The highest BCUT2D eigenvalue weighted by atomic mass is 19.1. The van der Waals surface area contributed by atoms with Gasteiger partial charge in [-0.05, 0) is 43.7 Å². The zero-order valence-corrected chi connectivity index (χ0v) is 11.2. The number of hydrogen-bond acceptors (Lipinski definition) is 3. The monoisotopic (exact) mass is 259 g/mol. The highest BCUT2D eigenvalue weighted by Crippen LogP contribution is 2.27. The van der Waals surface area contributed by atoms with E-state index in [1.165, 1.54) is 6.07 Å². The topological polar surface area (TPSA) is 42.1 Å². The standard InChI is InChI=1S/C15H18FN3/c1-3-19(14-7-5-4-6-13(14)16)15-10-12(11(2)17)8-9-18-15/h4-11H,3,17H2,1-2H3. The zero-order chi connectivity index (χ0) is 13.8. The molecule has 100 valence electrons. The van der Waals surface area contributed by atoms with Crippen LogP contribution in [0.3, 0.4) is 0 Å². The molecule has 2 rings (SSSR count). The first-order chi connectivity index (χ1) is 9.13. The van der Waals surface area contributed by atoms with Gasteiger partial charge in [0.15, 0.2) is 0 Å². The van der Waals surface area contributed by atoms with Gasteiger partial charge in [-0.25, -0.2) is 9.37 Å². The molecule has 1 aromatic heterocycles. The first kappa shape index (κ1) is 13.5. The maximum absolute atomic E-state index is 13.9. The van der Waals surface area contributed by atoms with Crippen LogP contribution in [-0.2, 0) is 0 Å². The average molecular weight is 259 g/mol. The molecule has 0 radical (unpaired) electrons. The lowest BCUT2D eigenvalue weighted by atomic mass is 10.1. The van der Waals surface area contributed by atoms with Crippen molar-refractivity contribution in [2.24, 2.45) is 5.73 Å². The Balaban J connectivity index is 2.43. The molecule has 1 unspecified atom stereocenters. The number of nitrogens with two attached hydrogens (primary N) is 1. The number of hydrogen-bond donors (Lipinski definition) is 1. The molecule has 0 aliphatic heterocycles. The van der Waals surface area contributed by atoms with Gasteiger partial charge in [-0.15, -0.1) is 0 Å². The fourth-order valence-corrected chi connectivity index (χ4v) is 1.99. The molecule has 1 aromatic carbocycles. The minimum Gasteiger partial charge on any atom is -0.324 e. The predicted octanol–water partition coefficient (Wildman–Crippen LogP) is 3.40. The van der Waals surface area contributed by atoms with Crippen molar-refractivity contribution in [2.45, 2.75) is 19.9 Å². The van der Waals surface area contributed by atoms with Gasteiger partial charge in [-0.2, -0.15) is 0 Å². The Morgan fingerprint density at radius 2 is 2.05 bits per heavy atom. The smallest absolute Gasteiger partial charge is 0.146 e. The Morgan fingerprint density at radius 1 is 1.32 bits per heavy atom. The Hall–Kier alpha value is -1.94. The van der Waals surface area contributed by atoms with Crippen molar-refractivity contribution in [3.8, 4) is 0 Å².